The fourth-order valence-corrected chi connectivity index (χ4v) is 1.79. The molecular formula is C17H23N3O5. The second-order valence-corrected chi connectivity index (χ2v) is 5.59. The number of aldehydes is 1. The summed E-state index contributed by atoms with van der Waals surface area (Å²) in [5, 5.41) is 7.26. The highest BCUT2D eigenvalue weighted by Gasteiger charge is 2.22. The van der Waals surface area contributed by atoms with Gasteiger partial charge in [-0.1, -0.05) is 30.3 Å². The Morgan fingerprint density at radius 1 is 0.960 bits per heavy atom. The molecule has 0 saturated carbocycles. The largest absolute Gasteiger partial charge is 0.445 e. The van der Waals surface area contributed by atoms with Crippen molar-refractivity contribution < 1.29 is 23.9 Å². The number of carbonyl (C=O) groups excluding carboxylic acids is 4. The van der Waals surface area contributed by atoms with Crippen LogP contribution in [-0.2, 0) is 25.7 Å². The zero-order valence-electron chi connectivity index (χ0n) is 14.4. The normalized spacial score (nSPS) is 13.7. The summed E-state index contributed by atoms with van der Waals surface area (Å²) in [6.45, 7) is 4.55. The number of nitrogens with one attached hydrogen (secondary N) is 3. The van der Waals surface area contributed by atoms with Gasteiger partial charge >= 0.3 is 6.09 Å². The second-order valence-electron chi connectivity index (χ2n) is 5.59. The number of hydrogen-bond acceptors (Lipinski definition) is 5. The highest BCUT2D eigenvalue weighted by molar-refractivity contribution is 5.91. The fourth-order valence-electron chi connectivity index (χ4n) is 1.79. The van der Waals surface area contributed by atoms with Gasteiger partial charge in [-0.25, -0.2) is 4.79 Å². The van der Waals surface area contributed by atoms with Crippen molar-refractivity contribution >= 4 is 24.2 Å². The maximum Gasteiger partial charge on any atom is 0.408 e. The first-order valence-corrected chi connectivity index (χ1v) is 7.86. The molecular weight excluding hydrogens is 326 g/mol. The number of amides is 3. The van der Waals surface area contributed by atoms with Crippen LogP contribution in [0.15, 0.2) is 30.3 Å². The molecule has 1 aromatic carbocycles. The summed E-state index contributed by atoms with van der Waals surface area (Å²) in [4.78, 5) is 46.0. The second kappa shape index (κ2) is 10.1. The summed E-state index contributed by atoms with van der Waals surface area (Å²) in [6, 6.07) is 6.74. The molecule has 0 aliphatic heterocycles. The molecule has 1 rings (SSSR count). The lowest BCUT2D eigenvalue weighted by atomic mass is 10.2. The molecule has 0 fully saturated rings. The van der Waals surface area contributed by atoms with E-state index in [0.717, 1.165) is 5.56 Å². The zero-order chi connectivity index (χ0) is 18.8. The van der Waals surface area contributed by atoms with E-state index in [1.165, 1.54) is 20.8 Å². The van der Waals surface area contributed by atoms with Crippen LogP contribution >= 0.6 is 0 Å². The minimum Gasteiger partial charge on any atom is -0.445 e. The fraction of sp³-hybridized carbons (Fsp3) is 0.412. The number of ether oxygens (including phenoxy) is 1. The molecule has 136 valence electrons. The van der Waals surface area contributed by atoms with E-state index in [9.17, 15) is 19.2 Å². The summed E-state index contributed by atoms with van der Waals surface area (Å²) in [5.41, 5.74) is 0.823. The average molecular weight is 349 g/mol. The predicted octanol–water partition coefficient (Wildman–Crippen LogP) is 0.510. The molecule has 0 heterocycles. The topological polar surface area (TPSA) is 114 Å². The van der Waals surface area contributed by atoms with Gasteiger partial charge in [-0.2, -0.15) is 0 Å². The van der Waals surface area contributed by atoms with Gasteiger partial charge in [0.2, 0.25) is 11.8 Å². The first kappa shape index (κ1) is 20.1. The molecule has 3 amide bonds. The summed E-state index contributed by atoms with van der Waals surface area (Å²) < 4.78 is 5.02. The molecule has 8 heteroatoms. The van der Waals surface area contributed by atoms with Gasteiger partial charge in [-0.15, -0.1) is 0 Å². The Balaban J connectivity index is 2.38. The highest BCUT2D eigenvalue weighted by atomic mass is 16.5. The van der Waals surface area contributed by atoms with Crippen LogP contribution in [-0.4, -0.2) is 42.3 Å². The van der Waals surface area contributed by atoms with Crippen LogP contribution in [0.4, 0.5) is 4.79 Å². The van der Waals surface area contributed by atoms with Crippen molar-refractivity contribution in [3.63, 3.8) is 0 Å². The molecule has 1 aromatic rings. The third-order valence-corrected chi connectivity index (χ3v) is 3.27. The molecule has 0 saturated heterocycles. The maximum atomic E-state index is 12.0. The Morgan fingerprint density at radius 3 is 2.12 bits per heavy atom. The van der Waals surface area contributed by atoms with Crippen LogP contribution < -0.4 is 16.0 Å². The van der Waals surface area contributed by atoms with Crippen molar-refractivity contribution in [3.05, 3.63) is 35.9 Å². The van der Waals surface area contributed by atoms with E-state index < -0.39 is 36.0 Å². The Morgan fingerprint density at radius 2 is 1.52 bits per heavy atom. The lowest BCUT2D eigenvalue weighted by molar-refractivity contribution is -0.130. The quantitative estimate of drug-likeness (QED) is 0.592. The van der Waals surface area contributed by atoms with Crippen LogP contribution in [0, 0.1) is 0 Å². The molecule has 0 aromatic heterocycles. The van der Waals surface area contributed by atoms with Gasteiger partial charge in [0.1, 0.15) is 25.0 Å². The molecule has 3 N–H and O–H groups in total. The summed E-state index contributed by atoms with van der Waals surface area (Å²) in [7, 11) is 0. The van der Waals surface area contributed by atoms with Crippen LogP contribution in [0.3, 0.4) is 0 Å². The number of rotatable bonds is 8. The van der Waals surface area contributed by atoms with Crippen molar-refractivity contribution in [2.75, 3.05) is 0 Å². The Bertz CT molecular complexity index is 606. The molecule has 0 bridgehead atoms. The lowest BCUT2D eigenvalue weighted by Crippen LogP contribution is -2.52. The monoisotopic (exact) mass is 349 g/mol. The van der Waals surface area contributed by atoms with Crippen LogP contribution in [0.2, 0.25) is 0 Å². The van der Waals surface area contributed by atoms with Crippen molar-refractivity contribution in [2.45, 2.75) is 45.5 Å². The number of hydrogen-bond donors (Lipinski definition) is 3. The van der Waals surface area contributed by atoms with E-state index in [4.69, 9.17) is 4.74 Å². The molecule has 0 unspecified atom stereocenters. The third-order valence-electron chi connectivity index (χ3n) is 3.27. The minimum absolute atomic E-state index is 0.0867. The predicted molar refractivity (Wildman–Crippen MR) is 90.5 cm³/mol. The first-order chi connectivity index (χ1) is 11.8. The standard InChI is InChI=1S/C17H23N3O5/c1-11(9-21)18-15(22)12(2)19-16(23)13(3)20-17(24)25-10-14-7-5-4-6-8-14/h4-9,11-13H,10H2,1-3H3,(H,18,22)(H,19,23)(H,20,24)/t11-,12-,13-/m0/s1. The maximum absolute atomic E-state index is 12.0. The first-order valence-electron chi connectivity index (χ1n) is 7.86. The lowest BCUT2D eigenvalue weighted by Gasteiger charge is -2.19. The van der Waals surface area contributed by atoms with E-state index in [-0.39, 0.29) is 6.61 Å². The van der Waals surface area contributed by atoms with Gasteiger partial charge in [0, 0.05) is 0 Å². The van der Waals surface area contributed by atoms with E-state index >= 15 is 0 Å². The van der Waals surface area contributed by atoms with Gasteiger partial charge in [0.05, 0.1) is 6.04 Å². The van der Waals surface area contributed by atoms with Gasteiger partial charge in [-0.3, -0.25) is 9.59 Å². The molecule has 0 radical (unpaired) electrons. The van der Waals surface area contributed by atoms with Crippen LogP contribution in [0.5, 0.6) is 0 Å². The van der Waals surface area contributed by atoms with Gasteiger partial charge < -0.3 is 25.5 Å². The van der Waals surface area contributed by atoms with Crippen LogP contribution in [0.1, 0.15) is 26.3 Å². The van der Waals surface area contributed by atoms with Crippen molar-refractivity contribution in [1.82, 2.24) is 16.0 Å². The molecule has 8 nitrogen and oxygen atoms in total. The number of benzene rings is 1. The third kappa shape index (κ3) is 7.47. The van der Waals surface area contributed by atoms with Crippen molar-refractivity contribution in [1.29, 1.82) is 0 Å². The smallest absolute Gasteiger partial charge is 0.408 e. The minimum atomic E-state index is -0.887. The van der Waals surface area contributed by atoms with Crippen molar-refractivity contribution in [2.24, 2.45) is 0 Å². The van der Waals surface area contributed by atoms with Crippen LogP contribution in [0.25, 0.3) is 0 Å². The van der Waals surface area contributed by atoms with Crippen molar-refractivity contribution in [3.8, 4) is 0 Å². The molecule has 0 aliphatic rings. The Labute approximate surface area is 146 Å². The molecule has 0 aliphatic carbocycles. The van der Waals surface area contributed by atoms with E-state index in [1.54, 1.807) is 0 Å². The van der Waals surface area contributed by atoms with E-state index in [1.807, 2.05) is 30.3 Å². The number of alkyl carbamates (subject to hydrolysis) is 1. The summed E-state index contributed by atoms with van der Waals surface area (Å²) in [5.74, 6) is -1.04. The summed E-state index contributed by atoms with van der Waals surface area (Å²) in [6.07, 6.45) is -0.155. The van der Waals surface area contributed by atoms with E-state index in [2.05, 4.69) is 16.0 Å². The van der Waals surface area contributed by atoms with E-state index in [0.29, 0.717) is 6.29 Å². The molecule has 3 atom stereocenters. The Hall–Kier alpha value is -2.90. The van der Waals surface area contributed by atoms with Gasteiger partial charge in [0.25, 0.3) is 0 Å². The molecule has 0 spiro atoms. The Kier molecular flexibility index (Phi) is 8.11. The zero-order valence-corrected chi connectivity index (χ0v) is 14.4. The summed E-state index contributed by atoms with van der Waals surface area (Å²) >= 11 is 0. The SMILES string of the molecule is C[C@H](NC(=O)OCc1ccccc1)C(=O)N[C@@H](C)C(=O)N[C@@H](C)C=O. The molecule has 25 heavy (non-hydrogen) atoms. The highest BCUT2D eigenvalue weighted by Crippen LogP contribution is 2.00. The van der Waals surface area contributed by atoms with Gasteiger partial charge in [-0.05, 0) is 26.3 Å². The van der Waals surface area contributed by atoms with Gasteiger partial charge in [0.15, 0.2) is 0 Å². The number of carbonyl (C=O) groups is 4. The average Bonchev–Trinajstić information content (AvgIpc) is 2.60.